The van der Waals surface area contributed by atoms with Gasteiger partial charge in [0, 0.05) is 36.9 Å². The molecule has 1 fully saturated rings. The van der Waals surface area contributed by atoms with E-state index in [0.717, 1.165) is 25.4 Å². The minimum atomic E-state index is 0. The Hall–Kier alpha value is -2.00. The molecular weight excluding hydrogens is 342 g/mol. The maximum absolute atomic E-state index is 4.83. The summed E-state index contributed by atoms with van der Waals surface area (Å²) in [7, 11) is 0. The first-order valence-corrected chi connectivity index (χ1v) is 9.48. The molecule has 2 aliphatic rings. The van der Waals surface area contributed by atoms with E-state index in [0.29, 0.717) is 0 Å². The van der Waals surface area contributed by atoms with Crippen LogP contribution in [0.4, 0.5) is 5.82 Å². The van der Waals surface area contributed by atoms with Crippen LogP contribution in [0, 0.1) is 19.8 Å². The van der Waals surface area contributed by atoms with Crippen LogP contribution in [0.5, 0.6) is 0 Å². The van der Waals surface area contributed by atoms with Crippen LogP contribution in [0.15, 0.2) is 36.5 Å². The summed E-state index contributed by atoms with van der Waals surface area (Å²) >= 11 is 0. The van der Waals surface area contributed by atoms with Crippen molar-refractivity contribution >= 4 is 29.1 Å². The van der Waals surface area contributed by atoms with Crippen molar-refractivity contribution in [1.82, 2.24) is 9.55 Å². The Bertz CT molecular complexity index is 955. The minimum absolute atomic E-state index is 0. The Labute approximate surface area is 161 Å². The molecular formula is C22H26ClN3. The van der Waals surface area contributed by atoms with Gasteiger partial charge in [0.2, 0.25) is 0 Å². The molecule has 1 aliphatic carbocycles. The first-order chi connectivity index (χ1) is 12.2. The summed E-state index contributed by atoms with van der Waals surface area (Å²) in [5.41, 5.74) is 7.11. The van der Waals surface area contributed by atoms with Crippen LogP contribution in [0.25, 0.3) is 10.9 Å². The van der Waals surface area contributed by atoms with Gasteiger partial charge >= 0.3 is 0 Å². The number of rotatable bonds is 3. The molecule has 3 heterocycles. The van der Waals surface area contributed by atoms with E-state index in [2.05, 4.69) is 53.6 Å². The molecule has 1 saturated carbocycles. The third-order valence-electron chi connectivity index (χ3n) is 6.09. The second-order valence-corrected chi connectivity index (χ2v) is 7.73. The van der Waals surface area contributed by atoms with Crippen molar-refractivity contribution < 1.29 is 0 Å². The molecule has 26 heavy (non-hydrogen) atoms. The van der Waals surface area contributed by atoms with Gasteiger partial charge in [-0.3, -0.25) is 0 Å². The Morgan fingerprint density at radius 3 is 2.62 bits per heavy atom. The maximum Gasteiger partial charge on any atom is 0.138 e. The number of nitrogens with zero attached hydrogens (tertiary/aromatic N) is 3. The zero-order chi connectivity index (χ0) is 17.0. The van der Waals surface area contributed by atoms with E-state index in [1.54, 1.807) is 0 Å². The highest BCUT2D eigenvalue weighted by atomic mass is 35.5. The summed E-state index contributed by atoms with van der Waals surface area (Å²) in [5.74, 6) is 2.05. The fourth-order valence-corrected chi connectivity index (χ4v) is 4.30. The number of aryl methyl sites for hydroxylation is 1. The lowest BCUT2D eigenvalue weighted by Gasteiger charge is -2.30. The Kier molecular flexibility index (Phi) is 4.44. The first-order valence-electron chi connectivity index (χ1n) is 9.48. The lowest BCUT2D eigenvalue weighted by atomic mass is 9.99. The summed E-state index contributed by atoms with van der Waals surface area (Å²) < 4.78 is 2.53. The predicted molar refractivity (Wildman–Crippen MR) is 110 cm³/mol. The second kappa shape index (κ2) is 6.62. The van der Waals surface area contributed by atoms with Crippen molar-refractivity contribution in [2.45, 2.75) is 46.2 Å². The van der Waals surface area contributed by atoms with Gasteiger partial charge in [0.1, 0.15) is 5.82 Å². The van der Waals surface area contributed by atoms with E-state index < -0.39 is 0 Å². The highest BCUT2D eigenvalue weighted by Gasteiger charge is 2.26. The molecule has 3 aromatic rings. The molecule has 0 bridgehead atoms. The van der Waals surface area contributed by atoms with Crippen molar-refractivity contribution in [2.75, 3.05) is 11.4 Å². The number of anilines is 1. The second-order valence-electron chi connectivity index (χ2n) is 7.73. The number of halogens is 1. The number of benzene rings is 1. The van der Waals surface area contributed by atoms with Gasteiger partial charge in [-0.2, -0.15) is 0 Å². The standard InChI is InChI=1S/C22H25N3.ClH/c1-15-16(2)25(13-17-7-8-17)20-9-11-23-22(21(15)20)24-12-10-18-5-3-4-6-19(18)14-24;/h3-6,9,11,17H,7-8,10,12-14H2,1-2H3;1H. The molecule has 0 spiro atoms. The smallest absolute Gasteiger partial charge is 0.138 e. The van der Waals surface area contributed by atoms with Crippen molar-refractivity contribution in [1.29, 1.82) is 0 Å². The number of aromatic nitrogens is 2. The SMILES string of the molecule is Cc1c(C)n(CC2CC2)c2ccnc(N3CCc4ccccc4C3)c12.Cl. The van der Waals surface area contributed by atoms with Crippen LogP contribution < -0.4 is 4.90 Å². The summed E-state index contributed by atoms with van der Waals surface area (Å²) in [6, 6.07) is 11.0. The lowest BCUT2D eigenvalue weighted by Crippen LogP contribution is -2.31. The number of pyridine rings is 1. The van der Waals surface area contributed by atoms with Gasteiger partial charge in [0.05, 0.1) is 5.52 Å². The number of fused-ring (bicyclic) bond motifs is 2. The maximum atomic E-state index is 4.83. The number of hydrogen-bond donors (Lipinski definition) is 0. The predicted octanol–water partition coefficient (Wildman–Crippen LogP) is 5.05. The van der Waals surface area contributed by atoms with Crippen LogP contribution in [0.3, 0.4) is 0 Å². The van der Waals surface area contributed by atoms with Crippen LogP contribution >= 0.6 is 12.4 Å². The average molecular weight is 368 g/mol. The van der Waals surface area contributed by atoms with E-state index in [4.69, 9.17) is 4.98 Å². The molecule has 5 rings (SSSR count). The molecule has 0 amide bonds. The summed E-state index contributed by atoms with van der Waals surface area (Å²) in [5, 5.41) is 1.36. The van der Waals surface area contributed by atoms with Crippen LogP contribution in [-0.2, 0) is 19.5 Å². The molecule has 136 valence electrons. The third kappa shape index (κ3) is 2.79. The zero-order valence-corrected chi connectivity index (χ0v) is 16.4. The Morgan fingerprint density at radius 2 is 1.85 bits per heavy atom. The summed E-state index contributed by atoms with van der Waals surface area (Å²) in [4.78, 5) is 7.30. The number of hydrogen-bond acceptors (Lipinski definition) is 2. The molecule has 0 atom stereocenters. The largest absolute Gasteiger partial charge is 0.351 e. The average Bonchev–Trinajstić information content (AvgIpc) is 3.44. The normalized spacial score (nSPS) is 16.5. The van der Waals surface area contributed by atoms with Gasteiger partial charge in [-0.1, -0.05) is 24.3 Å². The van der Waals surface area contributed by atoms with Gasteiger partial charge in [0.15, 0.2) is 0 Å². The highest BCUT2D eigenvalue weighted by Crippen LogP contribution is 2.37. The Balaban J connectivity index is 0.00000168. The van der Waals surface area contributed by atoms with E-state index in [9.17, 15) is 0 Å². The molecule has 1 aromatic carbocycles. The zero-order valence-electron chi connectivity index (χ0n) is 15.5. The van der Waals surface area contributed by atoms with Gasteiger partial charge in [-0.05, 0) is 61.8 Å². The molecule has 4 heteroatoms. The van der Waals surface area contributed by atoms with E-state index in [-0.39, 0.29) is 12.4 Å². The topological polar surface area (TPSA) is 21.1 Å². The molecule has 0 N–H and O–H groups in total. The quantitative estimate of drug-likeness (QED) is 0.646. The van der Waals surface area contributed by atoms with Gasteiger partial charge < -0.3 is 9.47 Å². The monoisotopic (exact) mass is 367 g/mol. The Morgan fingerprint density at radius 1 is 1.08 bits per heavy atom. The fourth-order valence-electron chi connectivity index (χ4n) is 4.30. The molecule has 1 aliphatic heterocycles. The van der Waals surface area contributed by atoms with E-state index in [1.807, 2.05) is 6.20 Å². The molecule has 0 saturated heterocycles. The van der Waals surface area contributed by atoms with E-state index in [1.165, 1.54) is 58.5 Å². The van der Waals surface area contributed by atoms with Crippen molar-refractivity contribution in [3.8, 4) is 0 Å². The highest BCUT2D eigenvalue weighted by molar-refractivity contribution is 5.95. The van der Waals surface area contributed by atoms with Gasteiger partial charge in [-0.25, -0.2) is 4.98 Å². The van der Waals surface area contributed by atoms with Crippen molar-refractivity contribution in [2.24, 2.45) is 5.92 Å². The van der Waals surface area contributed by atoms with Gasteiger partial charge in [-0.15, -0.1) is 12.4 Å². The lowest BCUT2D eigenvalue weighted by molar-refractivity contribution is 0.632. The molecule has 3 nitrogen and oxygen atoms in total. The van der Waals surface area contributed by atoms with Gasteiger partial charge in [0.25, 0.3) is 0 Å². The van der Waals surface area contributed by atoms with Crippen LogP contribution in [0.2, 0.25) is 0 Å². The fraction of sp³-hybridized carbons (Fsp3) is 0.409. The minimum Gasteiger partial charge on any atom is -0.351 e. The molecule has 0 radical (unpaired) electrons. The summed E-state index contributed by atoms with van der Waals surface area (Å²) in [6.45, 7) is 7.73. The van der Waals surface area contributed by atoms with Crippen molar-refractivity contribution in [3.63, 3.8) is 0 Å². The van der Waals surface area contributed by atoms with E-state index >= 15 is 0 Å². The third-order valence-corrected chi connectivity index (χ3v) is 6.09. The summed E-state index contributed by atoms with van der Waals surface area (Å²) in [6.07, 6.45) is 5.88. The van der Waals surface area contributed by atoms with Crippen molar-refractivity contribution in [3.05, 3.63) is 58.9 Å². The van der Waals surface area contributed by atoms with Crippen LogP contribution in [0.1, 0.15) is 35.2 Å². The molecule has 0 unspecified atom stereocenters. The van der Waals surface area contributed by atoms with Crippen LogP contribution in [-0.4, -0.2) is 16.1 Å². The molecule has 2 aromatic heterocycles. The first kappa shape index (κ1) is 17.4.